The van der Waals surface area contributed by atoms with E-state index in [1.807, 2.05) is 24.8 Å². The predicted molar refractivity (Wildman–Crippen MR) is 120 cm³/mol. The van der Waals surface area contributed by atoms with E-state index in [0.717, 1.165) is 6.42 Å². The van der Waals surface area contributed by atoms with Crippen LogP contribution in [-0.2, 0) is 11.3 Å². The molecule has 0 bridgehead atoms. The van der Waals surface area contributed by atoms with Gasteiger partial charge in [0.25, 0.3) is 17.4 Å². The summed E-state index contributed by atoms with van der Waals surface area (Å²) in [6.07, 6.45) is 0.789. The quantitative estimate of drug-likeness (QED) is 0.488. The maximum absolute atomic E-state index is 12.5. The number of amides is 2. The SMILES string of the molecule is CCC(C)N(CC(=O)NNC(=O)c1ccccc1Cl)Cc1nc2ccccc2c(=O)[nH]1. The van der Waals surface area contributed by atoms with Gasteiger partial charge in [0.2, 0.25) is 0 Å². The van der Waals surface area contributed by atoms with Crippen LogP contribution in [0.5, 0.6) is 0 Å². The second kappa shape index (κ2) is 10.2. The van der Waals surface area contributed by atoms with Crippen molar-refractivity contribution in [3.63, 3.8) is 0 Å². The Balaban J connectivity index is 1.67. The van der Waals surface area contributed by atoms with Crippen molar-refractivity contribution in [1.82, 2.24) is 25.7 Å². The smallest absolute Gasteiger partial charge is 0.271 e. The van der Waals surface area contributed by atoms with Gasteiger partial charge in [0, 0.05) is 6.04 Å². The van der Waals surface area contributed by atoms with E-state index in [2.05, 4.69) is 20.8 Å². The van der Waals surface area contributed by atoms with Crippen molar-refractivity contribution in [3.05, 3.63) is 75.3 Å². The number of rotatable bonds is 7. The molecule has 2 amide bonds. The van der Waals surface area contributed by atoms with Crippen LogP contribution in [0, 0.1) is 0 Å². The highest BCUT2D eigenvalue weighted by molar-refractivity contribution is 6.33. The number of hydrogen-bond acceptors (Lipinski definition) is 5. The van der Waals surface area contributed by atoms with Crippen molar-refractivity contribution in [2.24, 2.45) is 0 Å². The lowest BCUT2D eigenvalue weighted by molar-refractivity contribution is -0.123. The van der Waals surface area contributed by atoms with Gasteiger partial charge in [-0.3, -0.25) is 30.1 Å². The number of nitrogens with one attached hydrogen (secondary N) is 3. The van der Waals surface area contributed by atoms with Gasteiger partial charge in [-0.15, -0.1) is 0 Å². The Morgan fingerprint density at radius 3 is 2.58 bits per heavy atom. The Bertz CT molecular complexity index is 1150. The summed E-state index contributed by atoms with van der Waals surface area (Å²) in [5.41, 5.74) is 5.43. The van der Waals surface area contributed by atoms with E-state index in [0.29, 0.717) is 21.7 Å². The van der Waals surface area contributed by atoms with Crippen molar-refractivity contribution < 1.29 is 9.59 Å². The molecule has 9 heteroatoms. The van der Waals surface area contributed by atoms with Crippen molar-refractivity contribution in [1.29, 1.82) is 0 Å². The number of hydrogen-bond donors (Lipinski definition) is 3. The molecule has 2 aromatic carbocycles. The molecule has 0 spiro atoms. The average molecular weight is 442 g/mol. The van der Waals surface area contributed by atoms with E-state index >= 15 is 0 Å². The fraction of sp³-hybridized carbons (Fsp3) is 0.273. The Hall–Kier alpha value is -3.23. The van der Waals surface area contributed by atoms with Gasteiger partial charge in [-0.25, -0.2) is 4.98 Å². The third-order valence-electron chi connectivity index (χ3n) is 5.01. The molecule has 0 aliphatic heterocycles. The number of hydrazine groups is 1. The van der Waals surface area contributed by atoms with Gasteiger partial charge < -0.3 is 4.98 Å². The summed E-state index contributed by atoms with van der Waals surface area (Å²) < 4.78 is 0. The van der Waals surface area contributed by atoms with Crippen molar-refractivity contribution >= 4 is 34.3 Å². The number of H-pyrrole nitrogens is 1. The van der Waals surface area contributed by atoms with Crippen LogP contribution in [-0.4, -0.2) is 39.3 Å². The lowest BCUT2D eigenvalue weighted by Crippen LogP contribution is -2.48. The number of carbonyl (C=O) groups is 2. The highest BCUT2D eigenvalue weighted by atomic mass is 35.5. The second-order valence-corrected chi connectivity index (χ2v) is 7.58. The van der Waals surface area contributed by atoms with Crippen LogP contribution in [0.1, 0.15) is 36.5 Å². The maximum Gasteiger partial charge on any atom is 0.271 e. The predicted octanol–water partition coefficient (Wildman–Crippen LogP) is 2.64. The summed E-state index contributed by atoms with van der Waals surface area (Å²) in [6.45, 7) is 4.27. The molecule has 1 heterocycles. The lowest BCUT2D eigenvalue weighted by Gasteiger charge is -2.27. The third kappa shape index (κ3) is 5.68. The molecule has 3 rings (SSSR count). The fourth-order valence-corrected chi connectivity index (χ4v) is 3.31. The molecule has 1 aromatic heterocycles. The first-order valence-electron chi connectivity index (χ1n) is 9.94. The van der Waals surface area contributed by atoms with E-state index < -0.39 is 11.8 Å². The van der Waals surface area contributed by atoms with Gasteiger partial charge in [0.1, 0.15) is 5.82 Å². The molecule has 0 saturated heterocycles. The number of aromatic amines is 1. The molecule has 8 nitrogen and oxygen atoms in total. The van der Waals surface area contributed by atoms with Crippen molar-refractivity contribution in [3.8, 4) is 0 Å². The molecule has 0 saturated carbocycles. The molecular weight excluding hydrogens is 418 g/mol. The summed E-state index contributed by atoms with van der Waals surface area (Å²) in [6, 6.07) is 13.7. The highest BCUT2D eigenvalue weighted by Gasteiger charge is 2.19. The minimum Gasteiger partial charge on any atom is -0.309 e. The molecule has 0 aliphatic carbocycles. The highest BCUT2D eigenvalue weighted by Crippen LogP contribution is 2.14. The molecule has 3 N–H and O–H groups in total. The van der Waals surface area contributed by atoms with Crippen LogP contribution in [0.2, 0.25) is 5.02 Å². The fourth-order valence-electron chi connectivity index (χ4n) is 3.09. The summed E-state index contributed by atoms with van der Waals surface area (Å²) in [5, 5.41) is 0.809. The first-order chi connectivity index (χ1) is 14.9. The number of carbonyl (C=O) groups excluding carboxylic acids is 2. The number of fused-ring (bicyclic) bond motifs is 1. The Labute approximate surface area is 184 Å². The van der Waals surface area contributed by atoms with Gasteiger partial charge in [-0.1, -0.05) is 42.8 Å². The standard InChI is InChI=1S/C22H24ClN5O3/c1-3-14(2)28(12-19-24-18-11-7-5-9-16(18)21(30)25-19)13-20(29)26-27-22(31)15-8-4-6-10-17(15)23/h4-11,14H,3,12-13H2,1-2H3,(H,26,29)(H,27,31)(H,24,25,30). The molecule has 3 aromatic rings. The van der Waals surface area contributed by atoms with Crippen LogP contribution in [0.25, 0.3) is 10.9 Å². The second-order valence-electron chi connectivity index (χ2n) is 7.17. The first-order valence-corrected chi connectivity index (χ1v) is 10.3. The Kier molecular flexibility index (Phi) is 7.38. The topological polar surface area (TPSA) is 107 Å². The Morgan fingerprint density at radius 1 is 1.13 bits per heavy atom. The lowest BCUT2D eigenvalue weighted by atomic mass is 10.2. The van der Waals surface area contributed by atoms with Crippen LogP contribution in [0.4, 0.5) is 0 Å². The molecule has 1 unspecified atom stereocenters. The molecular formula is C22H24ClN5O3. The van der Waals surface area contributed by atoms with Crippen LogP contribution >= 0.6 is 11.6 Å². The van der Waals surface area contributed by atoms with Crippen LogP contribution in [0.3, 0.4) is 0 Å². The van der Waals surface area contributed by atoms with E-state index in [1.54, 1.807) is 42.5 Å². The van der Waals surface area contributed by atoms with Gasteiger partial charge in [-0.05, 0) is 37.6 Å². The number of para-hydroxylation sites is 1. The zero-order valence-electron chi connectivity index (χ0n) is 17.3. The van der Waals surface area contributed by atoms with Gasteiger partial charge in [0.15, 0.2) is 0 Å². The van der Waals surface area contributed by atoms with Gasteiger partial charge in [-0.2, -0.15) is 0 Å². The molecule has 0 fully saturated rings. The number of halogens is 1. The third-order valence-corrected chi connectivity index (χ3v) is 5.34. The van der Waals surface area contributed by atoms with Crippen LogP contribution in [0.15, 0.2) is 53.3 Å². The first kappa shape index (κ1) is 22.5. The number of benzene rings is 2. The van der Waals surface area contributed by atoms with Gasteiger partial charge >= 0.3 is 0 Å². The van der Waals surface area contributed by atoms with E-state index in [4.69, 9.17) is 11.6 Å². The summed E-state index contributed by atoms with van der Waals surface area (Å²) in [5.74, 6) is -0.435. The normalized spacial score (nSPS) is 12.0. The van der Waals surface area contributed by atoms with E-state index in [-0.39, 0.29) is 30.3 Å². The van der Waals surface area contributed by atoms with E-state index in [1.165, 1.54) is 0 Å². The van der Waals surface area contributed by atoms with E-state index in [9.17, 15) is 14.4 Å². The molecule has 31 heavy (non-hydrogen) atoms. The summed E-state index contributed by atoms with van der Waals surface area (Å²) >= 11 is 6.01. The minimum absolute atomic E-state index is 0.00828. The minimum atomic E-state index is -0.505. The largest absolute Gasteiger partial charge is 0.309 e. The maximum atomic E-state index is 12.5. The summed E-state index contributed by atoms with van der Waals surface area (Å²) in [4.78, 5) is 46.2. The van der Waals surface area contributed by atoms with Crippen molar-refractivity contribution in [2.45, 2.75) is 32.9 Å². The monoisotopic (exact) mass is 441 g/mol. The zero-order valence-corrected chi connectivity index (χ0v) is 18.1. The Morgan fingerprint density at radius 2 is 1.84 bits per heavy atom. The average Bonchev–Trinajstić information content (AvgIpc) is 2.77. The van der Waals surface area contributed by atoms with Gasteiger partial charge in [0.05, 0.1) is 34.6 Å². The molecule has 162 valence electrons. The summed E-state index contributed by atoms with van der Waals surface area (Å²) in [7, 11) is 0. The van der Waals surface area contributed by atoms with Crippen molar-refractivity contribution in [2.75, 3.05) is 6.54 Å². The number of nitrogens with zero attached hydrogens (tertiary/aromatic N) is 2. The zero-order chi connectivity index (χ0) is 22.4. The molecule has 1 atom stereocenters. The van der Waals surface area contributed by atoms with Crippen LogP contribution < -0.4 is 16.4 Å². The molecule has 0 radical (unpaired) electrons. The number of aromatic nitrogens is 2. The molecule has 0 aliphatic rings.